The third-order valence-electron chi connectivity index (χ3n) is 3.47. The largest absolute Gasteiger partial charge is 0.491 e. The van der Waals surface area contributed by atoms with Gasteiger partial charge < -0.3 is 14.6 Å². The number of nitrogens with one attached hydrogen (secondary N) is 1. The van der Waals surface area contributed by atoms with E-state index in [4.69, 9.17) is 4.74 Å². The molecule has 1 heterocycles. The van der Waals surface area contributed by atoms with Crippen LogP contribution < -0.4 is 10.1 Å². The van der Waals surface area contributed by atoms with Gasteiger partial charge >= 0.3 is 0 Å². The van der Waals surface area contributed by atoms with Crippen molar-refractivity contribution >= 4 is 0 Å². The lowest BCUT2D eigenvalue weighted by Gasteiger charge is -2.13. The molecule has 1 unspecified atom stereocenters. The van der Waals surface area contributed by atoms with E-state index in [1.54, 1.807) is 0 Å². The summed E-state index contributed by atoms with van der Waals surface area (Å²) in [5.41, 5.74) is 1.26. The number of aryl methyl sites for hydroxylation is 1. The van der Waals surface area contributed by atoms with Crippen molar-refractivity contribution < 1.29 is 4.74 Å². The molecular formula is C17H25N3O. The number of rotatable bonds is 9. The Labute approximate surface area is 127 Å². The van der Waals surface area contributed by atoms with E-state index in [0.717, 1.165) is 38.2 Å². The minimum atomic E-state index is 0.267. The van der Waals surface area contributed by atoms with Gasteiger partial charge in [0.1, 0.15) is 5.75 Å². The molecule has 1 aromatic heterocycles. The molecule has 0 amide bonds. The van der Waals surface area contributed by atoms with Crippen LogP contribution in [0, 0.1) is 0 Å². The van der Waals surface area contributed by atoms with Crippen LogP contribution in [-0.4, -0.2) is 22.2 Å². The average Bonchev–Trinajstić information content (AvgIpc) is 3.00. The van der Waals surface area contributed by atoms with Crippen molar-refractivity contribution in [3.05, 3.63) is 48.5 Å². The molecule has 4 heteroatoms. The van der Waals surface area contributed by atoms with Gasteiger partial charge in [0.2, 0.25) is 0 Å². The highest BCUT2D eigenvalue weighted by atomic mass is 16.5. The van der Waals surface area contributed by atoms with Crippen LogP contribution in [0.5, 0.6) is 5.75 Å². The molecule has 4 nitrogen and oxygen atoms in total. The molecule has 0 aliphatic rings. The third kappa shape index (κ3) is 5.60. The first-order valence-corrected chi connectivity index (χ1v) is 7.70. The Morgan fingerprint density at radius 2 is 2.29 bits per heavy atom. The van der Waals surface area contributed by atoms with Crippen LogP contribution in [0.15, 0.2) is 43.0 Å². The van der Waals surface area contributed by atoms with Crippen molar-refractivity contribution in [3.63, 3.8) is 0 Å². The molecule has 0 saturated carbocycles. The predicted octanol–water partition coefficient (Wildman–Crippen LogP) is 3.24. The fraction of sp³-hybridized carbons (Fsp3) is 0.471. The van der Waals surface area contributed by atoms with E-state index in [0.29, 0.717) is 0 Å². The van der Waals surface area contributed by atoms with Crippen molar-refractivity contribution in [2.24, 2.45) is 0 Å². The molecule has 114 valence electrons. The second-order valence-corrected chi connectivity index (χ2v) is 5.31. The van der Waals surface area contributed by atoms with Gasteiger partial charge in [-0.3, -0.25) is 0 Å². The highest BCUT2D eigenvalue weighted by Crippen LogP contribution is 2.15. The topological polar surface area (TPSA) is 39.1 Å². The zero-order valence-corrected chi connectivity index (χ0v) is 13.0. The fourth-order valence-electron chi connectivity index (χ4n) is 2.08. The Balaban J connectivity index is 1.69. The van der Waals surface area contributed by atoms with Crippen molar-refractivity contribution in [3.8, 4) is 5.75 Å². The molecular weight excluding hydrogens is 262 g/mol. The smallest absolute Gasteiger partial charge is 0.120 e. The van der Waals surface area contributed by atoms with Crippen molar-refractivity contribution in [2.75, 3.05) is 6.54 Å². The number of ether oxygens (including phenoxy) is 1. The Morgan fingerprint density at radius 3 is 3.05 bits per heavy atom. The van der Waals surface area contributed by atoms with Gasteiger partial charge in [0.05, 0.1) is 12.4 Å². The van der Waals surface area contributed by atoms with E-state index in [9.17, 15) is 0 Å². The quantitative estimate of drug-likeness (QED) is 0.720. The molecule has 1 N–H and O–H groups in total. The maximum Gasteiger partial charge on any atom is 0.120 e. The Kier molecular flexibility index (Phi) is 6.28. The molecule has 21 heavy (non-hydrogen) atoms. The molecule has 0 radical (unpaired) electrons. The van der Waals surface area contributed by atoms with Crippen LogP contribution in [-0.2, 0) is 13.1 Å². The molecule has 2 rings (SSSR count). The molecule has 0 aliphatic heterocycles. The Morgan fingerprint density at radius 1 is 1.38 bits per heavy atom. The normalized spacial score (nSPS) is 12.3. The van der Waals surface area contributed by atoms with Crippen molar-refractivity contribution in [1.29, 1.82) is 0 Å². The van der Waals surface area contributed by atoms with Gasteiger partial charge in [-0.2, -0.15) is 0 Å². The second-order valence-electron chi connectivity index (χ2n) is 5.31. The Bertz CT molecular complexity index is 511. The first-order valence-electron chi connectivity index (χ1n) is 7.70. The summed E-state index contributed by atoms with van der Waals surface area (Å²) < 4.78 is 7.94. The van der Waals surface area contributed by atoms with E-state index in [1.807, 2.05) is 24.8 Å². The number of hydrogen-bond donors (Lipinski definition) is 1. The third-order valence-corrected chi connectivity index (χ3v) is 3.47. The van der Waals surface area contributed by atoms with Crippen molar-refractivity contribution in [1.82, 2.24) is 14.9 Å². The lowest BCUT2D eigenvalue weighted by molar-refractivity contribution is 0.217. The zero-order chi connectivity index (χ0) is 14.9. The molecule has 0 aliphatic carbocycles. The number of benzene rings is 1. The summed E-state index contributed by atoms with van der Waals surface area (Å²) in [4.78, 5) is 4.04. The maximum atomic E-state index is 5.84. The molecule has 2 aromatic rings. The van der Waals surface area contributed by atoms with Gasteiger partial charge in [0, 0.05) is 25.5 Å². The SMILES string of the molecule is CCC(C)Oc1cccc(CNCCCn2ccnc2)c1. The summed E-state index contributed by atoms with van der Waals surface area (Å²) >= 11 is 0. The van der Waals surface area contributed by atoms with Gasteiger partial charge in [0.15, 0.2) is 0 Å². The maximum absolute atomic E-state index is 5.84. The molecule has 0 spiro atoms. The second kappa shape index (κ2) is 8.47. The monoisotopic (exact) mass is 287 g/mol. The standard InChI is InChI=1S/C17H25N3O/c1-3-15(2)21-17-7-4-6-16(12-17)13-18-8-5-10-20-11-9-19-14-20/h4,6-7,9,11-12,14-15,18H,3,5,8,10,13H2,1-2H3. The molecule has 0 saturated heterocycles. The van der Waals surface area contributed by atoms with Crippen LogP contribution in [0.1, 0.15) is 32.3 Å². The minimum Gasteiger partial charge on any atom is -0.491 e. The van der Waals surface area contributed by atoms with E-state index in [-0.39, 0.29) is 6.10 Å². The summed E-state index contributed by atoms with van der Waals surface area (Å²) in [6.07, 6.45) is 8.06. The van der Waals surface area contributed by atoms with Gasteiger partial charge in [-0.15, -0.1) is 0 Å². The fourth-order valence-corrected chi connectivity index (χ4v) is 2.08. The highest BCUT2D eigenvalue weighted by molar-refractivity contribution is 5.28. The molecule has 0 fully saturated rings. The summed E-state index contributed by atoms with van der Waals surface area (Å²) in [5.74, 6) is 0.960. The summed E-state index contributed by atoms with van der Waals surface area (Å²) in [7, 11) is 0. The van der Waals surface area contributed by atoms with Crippen LogP contribution in [0.3, 0.4) is 0 Å². The van der Waals surface area contributed by atoms with Gasteiger partial charge in [-0.25, -0.2) is 4.98 Å². The summed E-state index contributed by atoms with van der Waals surface area (Å²) in [6.45, 7) is 7.11. The lowest BCUT2D eigenvalue weighted by Crippen LogP contribution is -2.16. The minimum absolute atomic E-state index is 0.267. The van der Waals surface area contributed by atoms with Gasteiger partial charge in [-0.05, 0) is 44.0 Å². The number of hydrogen-bond acceptors (Lipinski definition) is 3. The lowest BCUT2D eigenvalue weighted by atomic mass is 10.2. The van der Waals surface area contributed by atoms with E-state index < -0.39 is 0 Å². The predicted molar refractivity (Wildman–Crippen MR) is 85.4 cm³/mol. The summed E-state index contributed by atoms with van der Waals surface area (Å²) in [6, 6.07) is 8.33. The number of nitrogens with zero attached hydrogens (tertiary/aromatic N) is 2. The molecule has 1 atom stereocenters. The van der Waals surface area contributed by atoms with Crippen LogP contribution in [0.4, 0.5) is 0 Å². The number of aromatic nitrogens is 2. The van der Waals surface area contributed by atoms with E-state index in [1.165, 1.54) is 5.56 Å². The van der Waals surface area contributed by atoms with E-state index >= 15 is 0 Å². The van der Waals surface area contributed by atoms with Gasteiger partial charge in [0.25, 0.3) is 0 Å². The summed E-state index contributed by atoms with van der Waals surface area (Å²) in [5, 5.41) is 3.47. The van der Waals surface area contributed by atoms with E-state index in [2.05, 4.69) is 46.9 Å². The Hall–Kier alpha value is -1.81. The van der Waals surface area contributed by atoms with Crippen LogP contribution in [0.2, 0.25) is 0 Å². The average molecular weight is 287 g/mol. The first-order chi connectivity index (χ1) is 10.3. The van der Waals surface area contributed by atoms with Crippen LogP contribution >= 0.6 is 0 Å². The first kappa shape index (κ1) is 15.6. The molecule has 1 aromatic carbocycles. The molecule has 0 bridgehead atoms. The number of imidazole rings is 1. The zero-order valence-electron chi connectivity index (χ0n) is 13.0. The van der Waals surface area contributed by atoms with Crippen molar-refractivity contribution in [2.45, 2.75) is 45.9 Å². The highest BCUT2D eigenvalue weighted by Gasteiger charge is 2.02. The van der Waals surface area contributed by atoms with Crippen LogP contribution in [0.25, 0.3) is 0 Å². The van der Waals surface area contributed by atoms with Gasteiger partial charge in [-0.1, -0.05) is 19.1 Å².